The normalized spacial score (nSPS) is 12.9. The number of aromatic nitrogens is 2. The summed E-state index contributed by atoms with van der Waals surface area (Å²) < 4.78 is 4.20. The molecule has 210 valence electrons. The second kappa shape index (κ2) is 10.6. The summed E-state index contributed by atoms with van der Waals surface area (Å²) in [5, 5.41) is 22.4. The SMILES string of the molecule is CC(C)(C)c1cc(Cn2cc[n+](Cc3cc(C(C)(C)C)cc(C(C)(C)C)c3O)c2)c(O)c(C(C)(C)C)c1.[Cl-]. The quantitative estimate of drug-likeness (QED) is 0.479. The van der Waals surface area contributed by atoms with Crippen molar-refractivity contribution in [3.05, 3.63) is 76.4 Å². The number of imidazole rings is 1. The molecule has 1 heterocycles. The lowest BCUT2D eigenvalue weighted by atomic mass is 9.79. The highest BCUT2D eigenvalue weighted by atomic mass is 35.5. The summed E-state index contributed by atoms with van der Waals surface area (Å²) in [5.74, 6) is 0.761. The number of hydrogen-bond donors (Lipinski definition) is 2. The van der Waals surface area contributed by atoms with Crippen LogP contribution in [-0.2, 0) is 34.7 Å². The van der Waals surface area contributed by atoms with Gasteiger partial charge in [0.25, 0.3) is 0 Å². The number of hydrogen-bond acceptors (Lipinski definition) is 2. The van der Waals surface area contributed by atoms with E-state index in [9.17, 15) is 10.2 Å². The highest BCUT2D eigenvalue weighted by Crippen LogP contribution is 2.39. The number of phenols is 2. The van der Waals surface area contributed by atoms with Gasteiger partial charge in [-0.1, -0.05) is 95.2 Å². The number of halogens is 1. The van der Waals surface area contributed by atoms with Gasteiger partial charge < -0.3 is 22.6 Å². The van der Waals surface area contributed by atoms with Crippen molar-refractivity contribution in [2.75, 3.05) is 0 Å². The standard InChI is InChI=1S/C33H48N2O2.ClH/c1-30(2,3)24-15-22(28(36)26(17-24)32(7,8)9)19-34-13-14-35(21-34)20-23-16-25(31(4,5)6)18-27(29(23)37)33(10,11)12;/h13-18,21H,19-20H2,1-12H3,(H-,36,37);1H. The maximum Gasteiger partial charge on any atom is 0.244 e. The van der Waals surface area contributed by atoms with Gasteiger partial charge in [-0.05, 0) is 56.0 Å². The monoisotopic (exact) mass is 540 g/mol. The van der Waals surface area contributed by atoms with E-state index in [0.29, 0.717) is 24.6 Å². The second-order valence-corrected chi connectivity index (χ2v) is 14.8. The zero-order valence-corrected chi connectivity index (χ0v) is 26.4. The highest BCUT2D eigenvalue weighted by Gasteiger charge is 2.27. The van der Waals surface area contributed by atoms with Crippen molar-refractivity contribution < 1.29 is 27.2 Å². The van der Waals surface area contributed by atoms with E-state index in [2.05, 4.69) is 123 Å². The molecule has 0 bridgehead atoms. The van der Waals surface area contributed by atoms with E-state index < -0.39 is 0 Å². The topological polar surface area (TPSA) is 49.3 Å². The Bertz CT molecular complexity index is 1180. The summed E-state index contributed by atoms with van der Waals surface area (Å²) in [7, 11) is 0. The van der Waals surface area contributed by atoms with Gasteiger partial charge in [-0.25, -0.2) is 9.13 Å². The zero-order valence-electron chi connectivity index (χ0n) is 25.6. The Balaban J connectivity index is 0.00000507. The molecule has 0 fully saturated rings. The molecule has 3 aromatic rings. The predicted molar refractivity (Wildman–Crippen MR) is 154 cm³/mol. The third-order valence-electron chi connectivity index (χ3n) is 7.18. The molecule has 0 saturated carbocycles. The van der Waals surface area contributed by atoms with Gasteiger partial charge in [0.05, 0.1) is 0 Å². The van der Waals surface area contributed by atoms with Crippen LogP contribution in [0, 0.1) is 0 Å². The van der Waals surface area contributed by atoms with E-state index in [-0.39, 0.29) is 34.1 Å². The van der Waals surface area contributed by atoms with Crippen LogP contribution in [0.5, 0.6) is 11.5 Å². The Hall–Kier alpha value is -2.46. The maximum absolute atomic E-state index is 11.2. The average molecular weight is 541 g/mol. The van der Waals surface area contributed by atoms with Gasteiger partial charge in [-0.2, -0.15) is 0 Å². The minimum atomic E-state index is -0.156. The largest absolute Gasteiger partial charge is 1.00 e. The molecule has 0 unspecified atom stereocenters. The van der Waals surface area contributed by atoms with E-state index in [4.69, 9.17) is 0 Å². The van der Waals surface area contributed by atoms with Gasteiger partial charge in [-0.3, -0.25) is 0 Å². The first-order chi connectivity index (χ1) is 16.7. The molecule has 3 rings (SSSR count). The first-order valence-electron chi connectivity index (χ1n) is 13.5. The van der Waals surface area contributed by atoms with E-state index in [1.54, 1.807) is 0 Å². The van der Waals surface area contributed by atoms with Crippen molar-refractivity contribution in [3.63, 3.8) is 0 Å². The minimum Gasteiger partial charge on any atom is -1.00 e. The minimum absolute atomic E-state index is 0. The lowest BCUT2D eigenvalue weighted by Gasteiger charge is -2.27. The van der Waals surface area contributed by atoms with E-state index in [1.165, 1.54) is 11.1 Å². The average Bonchev–Trinajstić information content (AvgIpc) is 3.14. The molecule has 1 aromatic heterocycles. The molecule has 2 N–H and O–H groups in total. The van der Waals surface area contributed by atoms with Crippen molar-refractivity contribution in [2.45, 2.75) is 118 Å². The predicted octanol–water partition coefficient (Wildman–Crippen LogP) is 4.48. The summed E-state index contributed by atoms with van der Waals surface area (Å²) in [6.07, 6.45) is 6.13. The Morgan fingerprint density at radius 2 is 1.05 bits per heavy atom. The zero-order chi connectivity index (χ0) is 28.1. The van der Waals surface area contributed by atoms with Crippen molar-refractivity contribution in [1.82, 2.24) is 4.57 Å². The molecule has 0 amide bonds. The van der Waals surface area contributed by atoms with E-state index in [1.807, 2.05) is 12.4 Å². The van der Waals surface area contributed by atoms with Crippen LogP contribution in [0.4, 0.5) is 0 Å². The van der Waals surface area contributed by atoms with Crippen LogP contribution < -0.4 is 17.0 Å². The molecule has 0 saturated heterocycles. The van der Waals surface area contributed by atoms with Crippen molar-refractivity contribution in [1.29, 1.82) is 0 Å². The van der Waals surface area contributed by atoms with Crippen LogP contribution in [-0.4, -0.2) is 14.8 Å². The molecule has 0 aliphatic carbocycles. The summed E-state index contributed by atoms with van der Waals surface area (Å²) in [6.45, 7) is 27.3. The van der Waals surface area contributed by atoms with Gasteiger partial charge in [0.1, 0.15) is 37.0 Å². The maximum atomic E-state index is 11.2. The Morgan fingerprint density at radius 1 is 0.632 bits per heavy atom. The third-order valence-corrected chi connectivity index (χ3v) is 7.18. The summed E-state index contributed by atoms with van der Waals surface area (Å²) >= 11 is 0. The van der Waals surface area contributed by atoms with Crippen LogP contribution in [0.2, 0.25) is 0 Å². The van der Waals surface area contributed by atoms with Gasteiger partial charge >= 0.3 is 0 Å². The first-order valence-corrected chi connectivity index (χ1v) is 13.5. The Kier molecular flexibility index (Phi) is 8.86. The fraction of sp³-hybridized carbons (Fsp3) is 0.545. The number of rotatable bonds is 4. The van der Waals surface area contributed by atoms with Crippen molar-refractivity contribution in [3.8, 4) is 11.5 Å². The number of benzene rings is 2. The lowest BCUT2D eigenvalue weighted by Crippen LogP contribution is -3.00. The molecule has 38 heavy (non-hydrogen) atoms. The first kappa shape index (κ1) is 31.8. The molecule has 0 aliphatic heterocycles. The molecular weight excluding hydrogens is 492 g/mol. The van der Waals surface area contributed by atoms with Crippen LogP contribution in [0.1, 0.15) is 116 Å². The molecule has 0 aliphatic rings. The molecule has 4 nitrogen and oxygen atoms in total. The van der Waals surface area contributed by atoms with Crippen molar-refractivity contribution >= 4 is 0 Å². The number of nitrogens with zero attached hydrogens (tertiary/aromatic N) is 2. The fourth-order valence-electron chi connectivity index (χ4n) is 4.66. The molecule has 0 radical (unpaired) electrons. The lowest BCUT2D eigenvalue weighted by molar-refractivity contribution is -0.687. The van der Waals surface area contributed by atoms with Gasteiger partial charge in [0.15, 0.2) is 0 Å². The second-order valence-electron chi connectivity index (χ2n) is 14.8. The third kappa shape index (κ3) is 7.14. The van der Waals surface area contributed by atoms with Crippen molar-refractivity contribution in [2.24, 2.45) is 0 Å². The fourth-order valence-corrected chi connectivity index (χ4v) is 4.66. The summed E-state index contributed by atoms with van der Waals surface area (Å²) in [4.78, 5) is 0. The van der Waals surface area contributed by atoms with Gasteiger partial charge in [-0.15, -0.1) is 0 Å². The molecular formula is C33H49ClN2O2. The molecule has 5 heteroatoms. The smallest absolute Gasteiger partial charge is 0.244 e. The van der Waals surface area contributed by atoms with Crippen LogP contribution >= 0.6 is 0 Å². The Morgan fingerprint density at radius 3 is 1.47 bits per heavy atom. The van der Waals surface area contributed by atoms with Crippen LogP contribution in [0.3, 0.4) is 0 Å². The summed E-state index contributed by atoms with van der Waals surface area (Å²) in [6, 6.07) is 8.60. The molecule has 0 atom stereocenters. The highest BCUT2D eigenvalue weighted by molar-refractivity contribution is 5.49. The number of phenolic OH excluding ortho intramolecular Hbond substituents is 2. The number of aromatic hydroxyl groups is 2. The van der Waals surface area contributed by atoms with Crippen LogP contribution in [0.25, 0.3) is 0 Å². The summed E-state index contributed by atoms with van der Waals surface area (Å²) in [5.41, 5.74) is 5.92. The van der Waals surface area contributed by atoms with E-state index in [0.717, 1.165) is 22.3 Å². The van der Waals surface area contributed by atoms with Crippen LogP contribution in [0.15, 0.2) is 43.0 Å². The van der Waals surface area contributed by atoms with Gasteiger partial charge in [0, 0.05) is 11.1 Å². The Labute approximate surface area is 237 Å². The molecule has 0 spiro atoms. The molecule has 2 aromatic carbocycles. The van der Waals surface area contributed by atoms with Gasteiger partial charge in [0.2, 0.25) is 6.33 Å². The van der Waals surface area contributed by atoms with E-state index >= 15 is 0 Å².